The summed E-state index contributed by atoms with van der Waals surface area (Å²) in [5, 5.41) is 33.2. The number of allylic oxidation sites excluding steroid dienone is 1. The van der Waals surface area contributed by atoms with E-state index in [-0.39, 0.29) is 29.1 Å². The minimum Gasteiger partial charge on any atom is -0.393 e. The van der Waals surface area contributed by atoms with Gasteiger partial charge in [0.05, 0.1) is 18.3 Å². The van der Waals surface area contributed by atoms with Crippen LogP contribution in [-0.4, -0.2) is 33.6 Å². The van der Waals surface area contributed by atoms with Gasteiger partial charge in [0, 0.05) is 0 Å². The van der Waals surface area contributed by atoms with Crippen LogP contribution in [0.3, 0.4) is 0 Å². The van der Waals surface area contributed by atoms with E-state index in [1.807, 2.05) is 0 Å². The van der Waals surface area contributed by atoms with Crippen LogP contribution < -0.4 is 0 Å². The minimum absolute atomic E-state index is 0.0673. The zero-order chi connectivity index (χ0) is 21.8. The molecule has 0 aromatic rings. The number of aliphatic hydroxyl groups is 3. The molecule has 0 saturated heterocycles. The molecule has 0 radical (unpaired) electrons. The van der Waals surface area contributed by atoms with Gasteiger partial charge in [-0.1, -0.05) is 32.8 Å². The van der Waals surface area contributed by atoms with Gasteiger partial charge in [-0.3, -0.25) is 0 Å². The summed E-state index contributed by atoms with van der Waals surface area (Å²) in [5.41, 5.74) is 1.36. The Labute approximate surface area is 184 Å². The molecular formula is C27H46O3. The van der Waals surface area contributed by atoms with Crippen LogP contribution in [0.4, 0.5) is 0 Å². The fourth-order valence-corrected chi connectivity index (χ4v) is 9.06. The monoisotopic (exact) mass is 418 g/mol. The van der Waals surface area contributed by atoms with Gasteiger partial charge in [0.15, 0.2) is 0 Å². The zero-order valence-electron chi connectivity index (χ0n) is 19.8. The van der Waals surface area contributed by atoms with E-state index >= 15 is 0 Å². The molecule has 30 heavy (non-hydrogen) atoms. The lowest BCUT2D eigenvalue weighted by Gasteiger charge is -2.63. The minimum atomic E-state index is -0.271. The maximum Gasteiger partial charge on any atom is 0.0602 e. The van der Waals surface area contributed by atoms with Crippen LogP contribution in [0.2, 0.25) is 0 Å². The summed E-state index contributed by atoms with van der Waals surface area (Å²) >= 11 is 0. The predicted molar refractivity (Wildman–Crippen MR) is 122 cm³/mol. The van der Waals surface area contributed by atoms with Gasteiger partial charge in [-0.25, -0.2) is 0 Å². The highest BCUT2D eigenvalue weighted by molar-refractivity contribution is 5.14. The van der Waals surface area contributed by atoms with E-state index in [2.05, 4.69) is 34.3 Å². The van der Waals surface area contributed by atoms with Crippen molar-refractivity contribution in [2.45, 2.75) is 110 Å². The molecule has 4 aliphatic carbocycles. The Bertz CT molecular complexity index is 646. The second kappa shape index (κ2) is 8.19. The van der Waals surface area contributed by atoms with E-state index in [1.54, 1.807) is 0 Å². The van der Waals surface area contributed by atoms with Gasteiger partial charge in [-0.2, -0.15) is 0 Å². The molecule has 0 aliphatic heterocycles. The van der Waals surface area contributed by atoms with E-state index < -0.39 is 0 Å². The molecule has 11 atom stereocenters. The molecule has 0 spiro atoms. The van der Waals surface area contributed by atoms with Crippen LogP contribution >= 0.6 is 0 Å². The summed E-state index contributed by atoms with van der Waals surface area (Å²) < 4.78 is 0. The van der Waals surface area contributed by atoms with Crippen LogP contribution in [-0.2, 0) is 0 Å². The van der Waals surface area contributed by atoms with E-state index in [4.69, 9.17) is 0 Å². The van der Waals surface area contributed by atoms with Gasteiger partial charge in [0.2, 0.25) is 0 Å². The summed E-state index contributed by atoms with van der Waals surface area (Å²) in [6.07, 6.45) is 9.56. The van der Waals surface area contributed by atoms with Gasteiger partial charge in [-0.15, -0.1) is 6.58 Å². The molecule has 3 nitrogen and oxygen atoms in total. The molecule has 1 unspecified atom stereocenters. The average molecular weight is 419 g/mol. The number of hydrogen-bond acceptors (Lipinski definition) is 3. The third-order valence-electron chi connectivity index (χ3n) is 10.8. The lowest BCUT2D eigenvalue weighted by Crippen LogP contribution is -2.62. The molecule has 4 aliphatic rings. The van der Waals surface area contributed by atoms with Crippen LogP contribution in [0, 0.1) is 46.3 Å². The normalized spacial score (nSPS) is 51.6. The Balaban J connectivity index is 1.56. The van der Waals surface area contributed by atoms with Crippen molar-refractivity contribution < 1.29 is 15.3 Å². The molecule has 0 aromatic carbocycles. The second-order valence-electron chi connectivity index (χ2n) is 12.4. The Morgan fingerprint density at radius 2 is 1.77 bits per heavy atom. The lowest BCUT2D eigenvalue weighted by molar-refractivity contribution is -0.207. The Kier molecular flexibility index (Phi) is 6.23. The molecule has 172 valence electrons. The van der Waals surface area contributed by atoms with Crippen LogP contribution in [0.25, 0.3) is 0 Å². The third kappa shape index (κ3) is 3.52. The molecule has 4 fully saturated rings. The molecule has 3 heteroatoms. The smallest absolute Gasteiger partial charge is 0.0602 e. The van der Waals surface area contributed by atoms with E-state index in [1.165, 1.54) is 24.8 Å². The highest BCUT2D eigenvalue weighted by Gasteiger charge is 2.65. The maximum absolute atomic E-state index is 11.6. The molecule has 0 aromatic heterocycles. The fraction of sp³-hybridized carbons (Fsp3) is 0.926. The summed E-state index contributed by atoms with van der Waals surface area (Å²) in [6.45, 7) is 13.3. The first-order valence-electron chi connectivity index (χ1n) is 12.8. The highest BCUT2D eigenvalue weighted by Crippen LogP contribution is 2.68. The maximum atomic E-state index is 11.6. The number of rotatable bonds is 5. The van der Waals surface area contributed by atoms with Crippen molar-refractivity contribution in [3.8, 4) is 0 Å². The summed E-state index contributed by atoms with van der Waals surface area (Å²) in [4.78, 5) is 0. The Morgan fingerprint density at radius 1 is 1.03 bits per heavy atom. The van der Waals surface area contributed by atoms with Gasteiger partial charge in [0.1, 0.15) is 0 Å². The SMILES string of the molecule is C=C(C)CCC[C@@H](C)[C@H]1CC[C@H]2[C@@H]3[C@H](O)CC4C[C@H](O)CC[C@]4(C)[C@H]3C[C@H](O)[C@]12C. The molecule has 0 bridgehead atoms. The first-order chi connectivity index (χ1) is 14.1. The standard InChI is InChI=1S/C27H46O3/c1-16(2)7-6-8-17(3)20-9-10-21-25-22(15-24(30)27(20,21)5)26(4)12-11-19(28)13-18(26)14-23(25)29/h17-25,28-30H,1,6-15H2,2-5H3/t17-,18?,19-,20-,21+,22+,23-,24+,25+,26+,27-/m1/s1. The van der Waals surface area contributed by atoms with Gasteiger partial charge < -0.3 is 15.3 Å². The zero-order valence-corrected chi connectivity index (χ0v) is 19.8. The first kappa shape index (κ1) is 22.8. The summed E-state index contributed by atoms with van der Waals surface area (Å²) in [5.74, 6) is 2.70. The van der Waals surface area contributed by atoms with Crippen molar-refractivity contribution in [3.05, 3.63) is 12.2 Å². The average Bonchev–Trinajstić information content (AvgIpc) is 3.02. The fourth-order valence-electron chi connectivity index (χ4n) is 9.06. The highest BCUT2D eigenvalue weighted by atomic mass is 16.3. The van der Waals surface area contributed by atoms with E-state index in [0.29, 0.717) is 35.5 Å². The topological polar surface area (TPSA) is 60.7 Å². The number of fused-ring (bicyclic) bond motifs is 5. The van der Waals surface area contributed by atoms with Crippen molar-refractivity contribution in [1.29, 1.82) is 0 Å². The molecule has 3 N–H and O–H groups in total. The first-order valence-corrected chi connectivity index (χ1v) is 12.8. The summed E-state index contributed by atoms with van der Waals surface area (Å²) in [7, 11) is 0. The van der Waals surface area contributed by atoms with Crippen LogP contribution in [0.1, 0.15) is 91.9 Å². The summed E-state index contributed by atoms with van der Waals surface area (Å²) in [6, 6.07) is 0. The molecule has 4 saturated carbocycles. The molecule has 4 rings (SSSR count). The molecular weight excluding hydrogens is 372 g/mol. The van der Waals surface area contributed by atoms with Crippen molar-refractivity contribution in [3.63, 3.8) is 0 Å². The largest absolute Gasteiger partial charge is 0.393 e. The predicted octanol–water partition coefficient (Wildman–Crippen LogP) is 5.33. The second-order valence-corrected chi connectivity index (χ2v) is 12.4. The van der Waals surface area contributed by atoms with E-state index in [0.717, 1.165) is 44.9 Å². The van der Waals surface area contributed by atoms with Gasteiger partial charge in [-0.05, 0) is 111 Å². The van der Waals surface area contributed by atoms with Crippen molar-refractivity contribution >= 4 is 0 Å². The van der Waals surface area contributed by atoms with E-state index in [9.17, 15) is 15.3 Å². The number of hydrogen-bond donors (Lipinski definition) is 3. The molecule has 0 heterocycles. The molecule has 0 amide bonds. The quantitative estimate of drug-likeness (QED) is 0.529. The lowest BCUT2D eigenvalue weighted by atomic mass is 9.43. The van der Waals surface area contributed by atoms with Crippen molar-refractivity contribution in [2.75, 3.05) is 0 Å². The van der Waals surface area contributed by atoms with Gasteiger partial charge in [0.25, 0.3) is 0 Å². The Morgan fingerprint density at radius 3 is 2.47 bits per heavy atom. The van der Waals surface area contributed by atoms with Crippen molar-refractivity contribution in [1.82, 2.24) is 0 Å². The van der Waals surface area contributed by atoms with Gasteiger partial charge >= 0.3 is 0 Å². The van der Waals surface area contributed by atoms with Crippen LogP contribution in [0.15, 0.2) is 12.2 Å². The number of aliphatic hydroxyl groups excluding tert-OH is 3. The van der Waals surface area contributed by atoms with Crippen LogP contribution in [0.5, 0.6) is 0 Å². The Hall–Kier alpha value is -0.380. The van der Waals surface area contributed by atoms with Crippen molar-refractivity contribution in [2.24, 2.45) is 46.3 Å². The third-order valence-corrected chi connectivity index (χ3v) is 10.8.